The van der Waals surface area contributed by atoms with Gasteiger partial charge in [0.05, 0.1) is 5.39 Å². The van der Waals surface area contributed by atoms with E-state index >= 15 is 0 Å². The number of amides is 1. The van der Waals surface area contributed by atoms with Crippen LogP contribution in [0.3, 0.4) is 0 Å². The fraction of sp³-hybridized carbons (Fsp3) is 0.235. The zero-order valence-corrected chi connectivity index (χ0v) is 15.1. The number of fused-ring (bicyclic) bond motifs is 1. The summed E-state index contributed by atoms with van der Waals surface area (Å²) < 4.78 is 1.40. The zero-order valence-electron chi connectivity index (χ0n) is 13.5. The van der Waals surface area contributed by atoms with Gasteiger partial charge in [0.1, 0.15) is 17.2 Å². The van der Waals surface area contributed by atoms with Crippen LogP contribution in [0.1, 0.15) is 16.3 Å². The molecule has 0 spiro atoms. The molecule has 1 aromatic carbocycles. The summed E-state index contributed by atoms with van der Waals surface area (Å²) in [6.07, 6.45) is 0. The highest BCUT2D eigenvalue weighted by atomic mass is 35.5. The molecule has 2 heterocycles. The van der Waals surface area contributed by atoms with Crippen LogP contribution in [0.5, 0.6) is 0 Å². The van der Waals surface area contributed by atoms with Gasteiger partial charge in [0.2, 0.25) is 5.91 Å². The van der Waals surface area contributed by atoms with Gasteiger partial charge in [-0.15, -0.1) is 11.3 Å². The SMILES string of the molecule is Cc1sc2nc(C)n(CC(=O)Nc3cccc(Cl)c3)c(=O)c2c1C. The van der Waals surface area contributed by atoms with E-state index in [1.807, 2.05) is 13.8 Å². The molecule has 7 heteroatoms. The van der Waals surface area contributed by atoms with Crippen molar-refractivity contribution < 1.29 is 4.79 Å². The Balaban J connectivity index is 1.93. The molecule has 0 aliphatic carbocycles. The average Bonchev–Trinajstić information content (AvgIpc) is 2.78. The highest BCUT2D eigenvalue weighted by Crippen LogP contribution is 2.26. The number of nitrogens with one attached hydrogen (secondary N) is 1. The molecule has 1 amide bonds. The van der Waals surface area contributed by atoms with Gasteiger partial charge in [-0.05, 0) is 44.5 Å². The summed E-state index contributed by atoms with van der Waals surface area (Å²) in [6, 6.07) is 6.88. The molecular formula is C17H16ClN3O2S. The lowest BCUT2D eigenvalue weighted by Crippen LogP contribution is -2.30. The number of hydrogen-bond donors (Lipinski definition) is 1. The second kappa shape index (κ2) is 6.37. The lowest BCUT2D eigenvalue weighted by atomic mass is 10.2. The Morgan fingerprint density at radius 1 is 1.33 bits per heavy atom. The molecule has 0 aliphatic heterocycles. The van der Waals surface area contributed by atoms with Crippen LogP contribution in [0.15, 0.2) is 29.1 Å². The molecule has 5 nitrogen and oxygen atoms in total. The number of hydrogen-bond acceptors (Lipinski definition) is 4. The first-order chi connectivity index (χ1) is 11.4. The molecule has 2 aromatic heterocycles. The van der Waals surface area contributed by atoms with Crippen molar-refractivity contribution in [2.45, 2.75) is 27.3 Å². The van der Waals surface area contributed by atoms with Crippen molar-refractivity contribution in [1.29, 1.82) is 0 Å². The number of carbonyl (C=O) groups excluding carboxylic acids is 1. The van der Waals surface area contributed by atoms with Crippen molar-refractivity contribution in [3.63, 3.8) is 0 Å². The van der Waals surface area contributed by atoms with Crippen molar-refractivity contribution in [3.05, 3.63) is 55.9 Å². The highest BCUT2D eigenvalue weighted by Gasteiger charge is 2.16. The Morgan fingerprint density at radius 2 is 2.08 bits per heavy atom. The third-order valence-corrected chi connectivity index (χ3v) is 5.23. The van der Waals surface area contributed by atoms with E-state index in [1.165, 1.54) is 15.9 Å². The van der Waals surface area contributed by atoms with Gasteiger partial charge >= 0.3 is 0 Å². The maximum atomic E-state index is 12.8. The fourth-order valence-electron chi connectivity index (χ4n) is 2.53. The maximum absolute atomic E-state index is 12.8. The molecule has 24 heavy (non-hydrogen) atoms. The van der Waals surface area contributed by atoms with Crippen LogP contribution in [0.2, 0.25) is 5.02 Å². The van der Waals surface area contributed by atoms with Gasteiger partial charge in [0.25, 0.3) is 5.56 Å². The Labute approximate surface area is 147 Å². The summed E-state index contributed by atoms with van der Waals surface area (Å²) in [6.45, 7) is 5.52. The lowest BCUT2D eigenvalue weighted by molar-refractivity contribution is -0.116. The molecule has 0 unspecified atom stereocenters. The van der Waals surface area contributed by atoms with Gasteiger partial charge in [0, 0.05) is 15.6 Å². The molecule has 1 N–H and O–H groups in total. The predicted molar refractivity (Wildman–Crippen MR) is 98.2 cm³/mol. The standard InChI is InChI=1S/C17H16ClN3O2S/c1-9-10(2)24-16-15(9)17(23)21(11(3)19-16)8-14(22)20-13-6-4-5-12(18)7-13/h4-7H,8H2,1-3H3,(H,20,22). The Hall–Kier alpha value is -2.18. The summed E-state index contributed by atoms with van der Waals surface area (Å²) in [5.41, 5.74) is 1.34. The Kier molecular flexibility index (Phi) is 4.43. The summed E-state index contributed by atoms with van der Waals surface area (Å²) in [7, 11) is 0. The molecule has 0 saturated heterocycles. The number of rotatable bonds is 3. The van der Waals surface area contributed by atoms with Crippen molar-refractivity contribution in [3.8, 4) is 0 Å². The first-order valence-corrected chi connectivity index (χ1v) is 8.59. The third kappa shape index (κ3) is 3.07. The minimum Gasteiger partial charge on any atom is -0.324 e. The number of halogens is 1. The molecular weight excluding hydrogens is 346 g/mol. The van der Waals surface area contributed by atoms with Crippen LogP contribution in [0, 0.1) is 20.8 Å². The molecule has 0 aliphatic rings. The molecule has 0 bridgehead atoms. The minimum atomic E-state index is -0.298. The summed E-state index contributed by atoms with van der Waals surface area (Å²) in [4.78, 5) is 31.3. The zero-order chi connectivity index (χ0) is 17.4. The Bertz CT molecular complexity index is 1010. The van der Waals surface area contributed by atoms with Crippen LogP contribution < -0.4 is 10.9 Å². The highest BCUT2D eigenvalue weighted by molar-refractivity contribution is 7.18. The largest absolute Gasteiger partial charge is 0.324 e. The molecule has 0 saturated carbocycles. The number of thiophene rings is 1. The molecule has 0 atom stereocenters. The number of benzene rings is 1. The van der Waals surface area contributed by atoms with Gasteiger partial charge in [-0.1, -0.05) is 17.7 Å². The first kappa shape index (κ1) is 16.7. The van der Waals surface area contributed by atoms with Gasteiger partial charge in [-0.2, -0.15) is 0 Å². The maximum Gasteiger partial charge on any atom is 0.263 e. The normalized spacial score (nSPS) is 11.0. The van der Waals surface area contributed by atoms with Gasteiger partial charge in [0.15, 0.2) is 0 Å². The number of nitrogens with zero attached hydrogens (tertiary/aromatic N) is 2. The van der Waals surface area contributed by atoms with Gasteiger partial charge in [-0.25, -0.2) is 4.98 Å². The fourth-order valence-corrected chi connectivity index (χ4v) is 3.78. The molecule has 124 valence electrons. The van der Waals surface area contributed by atoms with Crippen LogP contribution in [0.25, 0.3) is 10.2 Å². The minimum absolute atomic E-state index is 0.0888. The molecule has 0 fully saturated rings. The van der Waals surface area contributed by atoms with Crippen molar-refractivity contribution in [2.24, 2.45) is 0 Å². The third-order valence-electron chi connectivity index (χ3n) is 3.89. The number of anilines is 1. The van der Waals surface area contributed by atoms with E-state index in [2.05, 4.69) is 10.3 Å². The molecule has 3 aromatic rings. The summed E-state index contributed by atoms with van der Waals surface area (Å²) in [5.74, 6) is 0.225. The molecule has 3 rings (SSSR count). The van der Waals surface area contributed by atoms with E-state index in [1.54, 1.807) is 31.2 Å². The van der Waals surface area contributed by atoms with Crippen molar-refractivity contribution in [2.75, 3.05) is 5.32 Å². The second-order valence-electron chi connectivity index (χ2n) is 5.57. The predicted octanol–water partition coefficient (Wildman–Crippen LogP) is 3.68. The van der Waals surface area contributed by atoms with Crippen LogP contribution in [-0.4, -0.2) is 15.5 Å². The topological polar surface area (TPSA) is 64.0 Å². The summed E-state index contributed by atoms with van der Waals surface area (Å²) in [5, 5.41) is 3.88. The number of carbonyl (C=O) groups is 1. The number of aromatic nitrogens is 2. The van der Waals surface area contributed by atoms with E-state index < -0.39 is 0 Å². The van der Waals surface area contributed by atoms with E-state index in [9.17, 15) is 9.59 Å². The summed E-state index contributed by atoms with van der Waals surface area (Å²) >= 11 is 7.41. The molecule has 0 radical (unpaired) electrons. The van der Waals surface area contributed by atoms with Crippen molar-refractivity contribution in [1.82, 2.24) is 9.55 Å². The monoisotopic (exact) mass is 361 g/mol. The van der Waals surface area contributed by atoms with Gasteiger partial charge < -0.3 is 5.32 Å². The second-order valence-corrected chi connectivity index (χ2v) is 7.21. The average molecular weight is 362 g/mol. The van der Waals surface area contributed by atoms with Crippen LogP contribution in [0.4, 0.5) is 5.69 Å². The van der Waals surface area contributed by atoms with E-state index in [0.717, 1.165) is 15.3 Å². The van der Waals surface area contributed by atoms with E-state index in [4.69, 9.17) is 11.6 Å². The first-order valence-electron chi connectivity index (χ1n) is 7.39. The lowest BCUT2D eigenvalue weighted by Gasteiger charge is -2.10. The number of aryl methyl sites for hydroxylation is 3. The van der Waals surface area contributed by atoms with Crippen LogP contribution in [-0.2, 0) is 11.3 Å². The van der Waals surface area contributed by atoms with Gasteiger partial charge in [-0.3, -0.25) is 14.2 Å². The smallest absolute Gasteiger partial charge is 0.263 e. The quantitative estimate of drug-likeness (QED) is 0.774. The van der Waals surface area contributed by atoms with Crippen LogP contribution >= 0.6 is 22.9 Å². The van der Waals surface area contributed by atoms with E-state index in [-0.39, 0.29) is 18.0 Å². The van der Waals surface area contributed by atoms with Crippen molar-refractivity contribution >= 4 is 44.7 Å². The van der Waals surface area contributed by atoms with E-state index in [0.29, 0.717) is 21.9 Å². The Morgan fingerprint density at radius 3 is 2.79 bits per heavy atom.